The molecule has 1 saturated heterocycles. The predicted molar refractivity (Wildman–Crippen MR) is 118 cm³/mol. The minimum absolute atomic E-state index is 0.0114. The molecule has 0 radical (unpaired) electrons. The summed E-state index contributed by atoms with van der Waals surface area (Å²) < 4.78 is 68.1. The number of likely N-dealkylation sites (tertiary alicyclic amines) is 1. The average molecular weight is 491 g/mol. The van der Waals surface area contributed by atoms with Crippen LogP contribution < -0.4 is 5.32 Å². The molecule has 1 aliphatic rings. The number of piperidine rings is 1. The number of pyridine rings is 1. The summed E-state index contributed by atoms with van der Waals surface area (Å²) in [5.41, 5.74) is -1.64. The molecular formula is C24H22F5N5O. The molecule has 2 aromatic heterocycles. The number of benzene rings is 1. The number of nitrogens with one attached hydrogen (secondary N) is 1. The molecule has 35 heavy (non-hydrogen) atoms. The number of amides is 1. The Hall–Kier alpha value is -3.63. The quantitative estimate of drug-likeness (QED) is 0.498. The zero-order valence-electron chi connectivity index (χ0n) is 18.7. The fourth-order valence-corrected chi connectivity index (χ4v) is 4.24. The van der Waals surface area contributed by atoms with E-state index >= 15 is 0 Å². The van der Waals surface area contributed by atoms with Crippen molar-refractivity contribution < 1.29 is 26.7 Å². The Bertz CT molecular complexity index is 1190. The zero-order chi connectivity index (χ0) is 25.2. The molecule has 6 nitrogen and oxygen atoms in total. The number of carbonyl (C=O) groups excluding carboxylic acids is 1. The molecule has 184 valence electrons. The largest absolute Gasteiger partial charge is 0.417 e. The first-order chi connectivity index (χ1) is 16.7. The van der Waals surface area contributed by atoms with Crippen molar-refractivity contribution in [2.75, 3.05) is 18.4 Å². The van der Waals surface area contributed by atoms with Crippen LogP contribution in [0.5, 0.6) is 0 Å². The Balaban J connectivity index is 1.61. The van der Waals surface area contributed by atoms with Crippen molar-refractivity contribution in [3.05, 3.63) is 71.7 Å². The van der Waals surface area contributed by atoms with Crippen molar-refractivity contribution >= 4 is 11.7 Å². The van der Waals surface area contributed by atoms with Crippen molar-refractivity contribution in [2.45, 2.75) is 32.0 Å². The normalized spacial score (nSPS) is 18.4. The highest BCUT2D eigenvalue weighted by Gasteiger charge is 2.36. The Morgan fingerprint density at radius 3 is 2.46 bits per heavy atom. The fourth-order valence-electron chi connectivity index (χ4n) is 4.24. The van der Waals surface area contributed by atoms with E-state index in [0.29, 0.717) is 13.0 Å². The molecule has 3 aromatic rings. The third-order valence-electron chi connectivity index (χ3n) is 6.07. The fraction of sp³-hybridized carbons (Fsp3) is 0.333. The number of alkyl halides is 3. The second kappa shape index (κ2) is 9.93. The zero-order valence-corrected chi connectivity index (χ0v) is 18.7. The Morgan fingerprint density at radius 1 is 1.09 bits per heavy atom. The molecule has 4 rings (SSSR count). The molecular weight excluding hydrogens is 469 g/mol. The van der Waals surface area contributed by atoms with Gasteiger partial charge in [-0.3, -0.25) is 4.79 Å². The summed E-state index contributed by atoms with van der Waals surface area (Å²) in [6.07, 6.45) is 0.417. The smallest absolute Gasteiger partial charge is 0.368 e. The molecule has 1 aromatic carbocycles. The lowest BCUT2D eigenvalue weighted by atomic mass is 9.89. The van der Waals surface area contributed by atoms with Crippen LogP contribution in [0.4, 0.5) is 27.8 Å². The van der Waals surface area contributed by atoms with Crippen LogP contribution in [0.15, 0.2) is 48.9 Å². The van der Waals surface area contributed by atoms with E-state index in [4.69, 9.17) is 0 Å². The molecule has 1 N–H and O–H groups in total. The van der Waals surface area contributed by atoms with E-state index in [2.05, 4.69) is 20.3 Å². The van der Waals surface area contributed by atoms with E-state index in [-0.39, 0.29) is 29.7 Å². The molecule has 0 saturated carbocycles. The monoisotopic (exact) mass is 491 g/mol. The maximum Gasteiger partial charge on any atom is 0.417 e. The second-order valence-electron chi connectivity index (χ2n) is 8.35. The van der Waals surface area contributed by atoms with Crippen LogP contribution in [0, 0.1) is 17.6 Å². The second-order valence-corrected chi connectivity index (χ2v) is 8.35. The standard InChI is InChI=1S/C24H22F5N5O/c1-14-4-2-11-34(18(14)13-33-19-8-5-15(12-32-19)24(27,28)29)23(35)21-17(26)7-6-16(25)20(21)22-30-9-3-10-31-22/h3,5-10,12,14,18H,2,4,11,13H2,1H3,(H,32,33)/t14-,18-/m1/s1. The third-order valence-corrected chi connectivity index (χ3v) is 6.07. The average Bonchev–Trinajstić information content (AvgIpc) is 2.84. The first-order valence-electron chi connectivity index (χ1n) is 11.0. The highest BCUT2D eigenvalue weighted by molar-refractivity contribution is 6.00. The van der Waals surface area contributed by atoms with Crippen LogP contribution >= 0.6 is 0 Å². The van der Waals surface area contributed by atoms with Gasteiger partial charge in [0, 0.05) is 31.7 Å². The summed E-state index contributed by atoms with van der Waals surface area (Å²) in [6, 6.07) is 5.02. The molecule has 0 unspecified atom stereocenters. The van der Waals surface area contributed by atoms with Crippen molar-refractivity contribution in [2.24, 2.45) is 5.92 Å². The van der Waals surface area contributed by atoms with Crippen LogP contribution in [-0.4, -0.2) is 44.9 Å². The topological polar surface area (TPSA) is 71.0 Å². The first-order valence-corrected chi connectivity index (χ1v) is 11.0. The Kier molecular flexibility index (Phi) is 6.95. The molecule has 1 amide bonds. The lowest BCUT2D eigenvalue weighted by Crippen LogP contribution is -2.51. The van der Waals surface area contributed by atoms with E-state index in [9.17, 15) is 26.7 Å². The molecule has 3 heterocycles. The lowest BCUT2D eigenvalue weighted by Gasteiger charge is -2.40. The van der Waals surface area contributed by atoms with Gasteiger partial charge in [0.1, 0.15) is 17.5 Å². The van der Waals surface area contributed by atoms with Crippen molar-refractivity contribution in [3.63, 3.8) is 0 Å². The van der Waals surface area contributed by atoms with E-state index < -0.39 is 40.9 Å². The van der Waals surface area contributed by atoms with Crippen LogP contribution in [0.25, 0.3) is 11.4 Å². The van der Waals surface area contributed by atoms with Crippen LogP contribution in [0.1, 0.15) is 35.7 Å². The highest BCUT2D eigenvalue weighted by atomic mass is 19.4. The maximum atomic E-state index is 14.9. The summed E-state index contributed by atoms with van der Waals surface area (Å²) in [7, 11) is 0. The lowest BCUT2D eigenvalue weighted by molar-refractivity contribution is -0.137. The van der Waals surface area contributed by atoms with E-state index in [1.807, 2.05) is 6.92 Å². The van der Waals surface area contributed by atoms with Gasteiger partial charge in [-0.2, -0.15) is 13.2 Å². The van der Waals surface area contributed by atoms with Gasteiger partial charge in [0.05, 0.1) is 22.7 Å². The number of carbonyl (C=O) groups is 1. The molecule has 2 atom stereocenters. The van der Waals surface area contributed by atoms with E-state index in [0.717, 1.165) is 30.8 Å². The summed E-state index contributed by atoms with van der Waals surface area (Å²) in [4.78, 5) is 26.8. The summed E-state index contributed by atoms with van der Waals surface area (Å²) in [5.74, 6) is -2.34. The summed E-state index contributed by atoms with van der Waals surface area (Å²) in [5, 5.41) is 2.97. The van der Waals surface area contributed by atoms with Crippen LogP contribution in [0.2, 0.25) is 0 Å². The summed E-state index contributed by atoms with van der Waals surface area (Å²) >= 11 is 0. The van der Waals surface area contributed by atoms with Crippen molar-refractivity contribution in [1.29, 1.82) is 0 Å². The number of halogens is 5. The van der Waals surface area contributed by atoms with E-state index in [1.54, 1.807) is 0 Å². The highest BCUT2D eigenvalue weighted by Crippen LogP contribution is 2.32. The minimum Gasteiger partial charge on any atom is -0.368 e. The third kappa shape index (κ3) is 5.23. The van der Waals surface area contributed by atoms with Crippen molar-refractivity contribution in [1.82, 2.24) is 19.9 Å². The van der Waals surface area contributed by atoms with Gasteiger partial charge in [0.2, 0.25) is 0 Å². The number of hydrogen-bond acceptors (Lipinski definition) is 5. The number of anilines is 1. The van der Waals surface area contributed by atoms with E-state index in [1.165, 1.54) is 29.4 Å². The Labute approximate surface area is 198 Å². The number of hydrogen-bond donors (Lipinski definition) is 1. The maximum absolute atomic E-state index is 14.9. The van der Waals surface area contributed by atoms with Crippen LogP contribution in [0.3, 0.4) is 0 Å². The van der Waals surface area contributed by atoms with Gasteiger partial charge in [-0.25, -0.2) is 23.7 Å². The predicted octanol–water partition coefficient (Wildman–Crippen LogP) is 5.19. The molecule has 11 heteroatoms. The van der Waals surface area contributed by atoms with Gasteiger partial charge in [0.25, 0.3) is 5.91 Å². The molecule has 1 fully saturated rings. The Morgan fingerprint density at radius 2 is 1.80 bits per heavy atom. The molecule has 0 bridgehead atoms. The van der Waals surface area contributed by atoms with Crippen molar-refractivity contribution in [3.8, 4) is 11.4 Å². The first kappa shape index (κ1) is 24.5. The SMILES string of the molecule is C[C@@H]1CCCN(C(=O)c2c(F)ccc(F)c2-c2ncccn2)[C@@H]1CNc1ccc(C(F)(F)F)cn1. The van der Waals surface area contributed by atoms with Gasteiger partial charge in [0.15, 0.2) is 5.82 Å². The molecule has 1 aliphatic heterocycles. The molecule has 0 aliphatic carbocycles. The van der Waals surface area contributed by atoms with Gasteiger partial charge in [-0.1, -0.05) is 6.92 Å². The molecule has 0 spiro atoms. The van der Waals surface area contributed by atoms with Gasteiger partial charge in [-0.15, -0.1) is 0 Å². The van der Waals surface area contributed by atoms with Gasteiger partial charge in [-0.05, 0) is 49.1 Å². The van der Waals surface area contributed by atoms with Gasteiger partial charge >= 0.3 is 6.18 Å². The minimum atomic E-state index is -4.50. The van der Waals surface area contributed by atoms with Crippen LogP contribution in [-0.2, 0) is 6.18 Å². The number of nitrogens with zero attached hydrogens (tertiary/aromatic N) is 4. The summed E-state index contributed by atoms with van der Waals surface area (Å²) in [6.45, 7) is 2.40. The number of aromatic nitrogens is 3. The number of rotatable bonds is 5. The van der Waals surface area contributed by atoms with Gasteiger partial charge < -0.3 is 10.2 Å².